The van der Waals surface area contributed by atoms with Crippen molar-refractivity contribution in [1.82, 2.24) is 5.32 Å². The molecule has 0 heterocycles. The lowest BCUT2D eigenvalue weighted by molar-refractivity contribution is -0.125. The zero-order valence-electron chi connectivity index (χ0n) is 8.22. The normalized spacial score (nSPS) is 25.2. The molecule has 2 heteroatoms. The van der Waals surface area contributed by atoms with Crippen molar-refractivity contribution in [2.24, 2.45) is 5.92 Å². The summed E-state index contributed by atoms with van der Waals surface area (Å²) in [6.07, 6.45) is 9.77. The first kappa shape index (κ1) is 9.04. The molecule has 1 amide bonds. The number of carbonyl (C=O) groups excluding carboxylic acids is 1. The molecule has 2 aliphatic rings. The predicted molar refractivity (Wildman–Crippen MR) is 52.4 cm³/mol. The van der Waals surface area contributed by atoms with Crippen molar-refractivity contribution < 1.29 is 4.79 Å². The molecule has 74 valence electrons. The standard InChI is InChI=1S/C11H19NO/c13-11(9-5-1-2-6-9)12-10-7-3-4-8-10/h9-10H,1-8H2,(H,12,13). The van der Waals surface area contributed by atoms with Crippen LogP contribution in [0.25, 0.3) is 0 Å². The molecular formula is C11H19NO. The largest absolute Gasteiger partial charge is 0.353 e. The van der Waals surface area contributed by atoms with Gasteiger partial charge in [-0.25, -0.2) is 0 Å². The molecule has 2 nitrogen and oxygen atoms in total. The lowest BCUT2D eigenvalue weighted by Crippen LogP contribution is -2.36. The van der Waals surface area contributed by atoms with E-state index in [9.17, 15) is 4.79 Å². The summed E-state index contributed by atoms with van der Waals surface area (Å²) in [5.74, 6) is 0.685. The molecule has 2 aliphatic carbocycles. The van der Waals surface area contributed by atoms with Gasteiger partial charge in [-0.3, -0.25) is 4.79 Å². The zero-order chi connectivity index (χ0) is 9.10. The van der Waals surface area contributed by atoms with Gasteiger partial charge in [0, 0.05) is 12.0 Å². The highest BCUT2D eigenvalue weighted by atomic mass is 16.1. The van der Waals surface area contributed by atoms with Crippen molar-refractivity contribution in [2.75, 3.05) is 0 Å². The number of hydrogen-bond donors (Lipinski definition) is 1. The highest BCUT2D eigenvalue weighted by molar-refractivity contribution is 5.79. The summed E-state index contributed by atoms with van der Waals surface area (Å²) in [6.45, 7) is 0. The van der Waals surface area contributed by atoms with Gasteiger partial charge >= 0.3 is 0 Å². The number of amides is 1. The monoisotopic (exact) mass is 181 g/mol. The van der Waals surface area contributed by atoms with Crippen molar-refractivity contribution in [3.8, 4) is 0 Å². The van der Waals surface area contributed by atoms with Crippen LogP contribution in [0.3, 0.4) is 0 Å². The highest BCUT2D eigenvalue weighted by Gasteiger charge is 2.25. The van der Waals surface area contributed by atoms with Crippen LogP contribution in [0, 0.1) is 5.92 Å². The van der Waals surface area contributed by atoms with E-state index in [1.54, 1.807) is 0 Å². The lowest BCUT2D eigenvalue weighted by Gasteiger charge is -2.15. The highest BCUT2D eigenvalue weighted by Crippen LogP contribution is 2.26. The number of rotatable bonds is 2. The summed E-state index contributed by atoms with van der Waals surface area (Å²) in [7, 11) is 0. The quantitative estimate of drug-likeness (QED) is 0.695. The molecule has 2 rings (SSSR count). The Bertz CT molecular complexity index is 179. The van der Waals surface area contributed by atoms with Gasteiger partial charge in [-0.15, -0.1) is 0 Å². The molecule has 0 bridgehead atoms. The SMILES string of the molecule is O=C(NC1CCCC1)C1CCCC1. The molecule has 0 radical (unpaired) electrons. The van der Waals surface area contributed by atoms with E-state index in [1.165, 1.54) is 38.5 Å². The molecule has 0 aromatic rings. The van der Waals surface area contributed by atoms with Crippen LogP contribution in [0.5, 0.6) is 0 Å². The van der Waals surface area contributed by atoms with Crippen LogP contribution in [-0.2, 0) is 4.79 Å². The average molecular weight is 181 g/mol. The van der Waals surface area contributed by atoms with Crippen LogP contribution < -0.4 is 5.32 Å². The van der Waals surface area contributed by atoms with Gasteiger partial charge in [0.25, 0.3) is 0 Å². The first-order chi connectivity index (χ1) is 6.36. The fraction of sp³-hybridized carbons (Fsp3) is 0.909. The Morgan fingerprint density at radius 2 is 1.46 bits per heavy atom. The van der Waals surface area contributed by atoms with Crippen LogP contribution in [0.1, 0.15) is 51.4 Å². The van der Waals surface area contributed by atoms with Gasteiger partial charge in [0.05, 0.1) is 0 Å². The number of carbonyl (C=O) groups is 1. The van der Waals surface area contributed by atoms with E-state index >= 15 is 0 Å². The molecule has 0 unspecified atom stereocenters. The van der Waals surface area contributed by atoms with Gasteiger partial charge in [-0.2, -0.15) is 0 Å². The molecule has 2 saturated carbocycles. The smallest absolute Gasteiger partial charge is 0.223 e. The van der Waals surface area contributed by atoms with Gasteiger partial charge in [0.2, 0.25) is 5.91 Å². The van der Waals surface area contributed by atoms with Gasteiger partial charge in [0.15, 0.2) is 0 Å². The van der Waals surface area contributed by atoms with E-state index in [0.717, 1.165) is 12.8 Å². The minimum absolute atomic E-state index is 0.337. The summed E-state index contributed by atoms with van der Waals surface area (Å²) in [4.78, 5) is 11.7. The molecule has 0 saturated heterocycles. The maximum absolute atomic E-state index is 11.7. The summed E-state index contributed by atoms with van der Waals surface area (Å²) in [5, 5.41) is 3.18. The van der Waals surface area contributed by atoms with E-state index in [0.29, 0.717) is 17.9 Å². The summed E-state index contributed by atoms with van der Waals surface area (Å²) in [6, 6.07) is 0.507. The van der Waals surface area contributed by atoms with Crippen molar-refractivity contribution in [2.45, 2.75) is 57.4 Å². The topological polar surface area (TPSA) is 29.1 Å². The second-order valence-corrected chi connectivity index (χ2v) is 4.47. The first-order valence-electron chi connectivity index (χ1n) is 5.66. The molecule has 0 aromatic carbocycles. The minimum atomic E-state index is 0.337. The van der Waals surface area contributed by atoms with E-state index in [4.69, 9.17) is 0 Å². The van der Waals surface area contributed by atoms with Crippen molar-refractivity contribution in [3.63, 3.8) is 0 Å². The first-order valence-corrected chi connectivity index (χ1v) is 5.66. The Labute approximate surface area is 80.1 Å². The second kappa shape index (κ2) is 4.12. The number of nitrogens with one attached hydrogen (secondary N) is 1. The van der Waals surface area contributed by atoms with Gasteiger partial charge in [-0.1, -0.05) is 25.7 Å². The fourth-order valence-electron chi connectivity index (χ4n) is 2.58. The van der Waals surface area contributed by atoms with Crippen molar-refractivity contribution in [1.29, 1.82) is 0 Å². The summed E-state index contributed by atoms with van der Waals surface area (Å²) < 4.78 is 0. The van der Waals surface area contributed by atoms with Crippen molar-refractivity contribution >= 4 is 5.91 Å². The maximum Gasteiger partial charge on any atom is 0.223 e. The Hall–Kier alpha value is -0.530. The van der Waals surface area contributed by atoms with E-state index in [-0.39, 0.29) is 0 Å². The molecule has 0 spiro atoms. The van der Waals surface area contributed by atoms with Gasteiger partial charge < -0.3 is 5.32 Å². The number of hydrogen-bond acceptors (Lipinski definition) is 1. The van der Waals surface area contributed by atoms with Crippen LogP contribution in [0.2, 0.25) is 0 Å². The third-order valence-corrected chi connectivity index (χ3v) is 3.43. The Morgan fingerprint density at radius 1 is 0.923 bits per heavy atom. The average Bonchev–Trinajstić information content (AvgIpc) is 2.74. The summed E-state index contributed by atoms with van der Waals surface area (Å²) >= 11 is 0. The molecule has 1 N–H and O–H groups in total. The second-order valence-electron chi connectivity index (χ2n) is 4.47. The van der Waals surface area contributed by atoms with E-state index in [2.05, 4.69) is 5.32 Å². The third kappa shape index (κ3) is 2.23. The predicted octanol–water partition coefficient (Wildman–Crippen LogP) is 2.24. The summed E-state index contributed by atoms with van der Waals surface area (Å²) in [5.41, 5.74) is 0. The lowest BCUT2D eigenvalue weighted by atomic mass is 10.1. The van der Waals surface area contributed by atoms with Crippen LogP contribution >= 0.6 is 0 Å². The molecular weight excluding hydrogens is 162 g/mol. The molecule has 0 aromatic heterocycles. The van der Waals surface area contributed by atoms with Crippen LogP contribution in [0.15, 0.2) is 0 Å². The zero-order valence-corrected chi connectivity index (χ0v) is 8.22. The Kier molecular flexibility index (Phi) is 2.87. The fourth-order valence-corrected chi connectivity index (χ4v) is 2.58. The van der Waals surface area contributed by atoms with Crippen LogP contribution in [0.4, 0.5) is 0 Å². The molecule has 13 heavy (non-hydrogen) atoms. The molecule has 2 fully saturated rings. The van der Waals surface area contributed by atoms with E-state index < -0.39 is 0 Å². The van der Waals surface area contributed by atoms with E-state index in [1.807, 2.05) is 0 Å². The Balaban J connectivity index is 1.76. The maximum atomic E-state index is 11.7. The molecule has 0 atom stereocenters. The Morgan fingerprint density at radius 3 is 2.08 bits per heavy atom. The minimum Gasteiger partial charge on any atom is -0.353 e. The molecule has 0 aliphatic heterocycles. The van der Waals surface area contributed by atoms with Crippen molar-refractivity contribution in [3.05, 3.63) is 0 Å². The van der Waals surface area contributed by atoms with Crippen LogP contribution in [-0.4, -0.2) is 11.9 Å². The third-order valence-electron chi connectivity index (χ3n) is 3.43. The van der Waals surface area contributed by atoms with Gasteiger partial charge in [-0.05, 0) is 25.7 Å². The van der Waals surface area contributed by atoms with Gasteiger partial charge in [0.1, 0.15) is 0 Å².